The third kappa shape index (κ3) is 8.28. The van der Waals surface area contributed by atoms with Crippen molar-refractivity contribution in [1.82, 2.24) is 0 Å². The molecule has 1 atom stereocenters. The van der Waals surface area contributed by atoms with Crippen molar-refractivity contribution >= 4 is 11.8 Å². The first-order chi connectivity index (χ1) is 8.04. The van der Waals surface area contributed by atoms with Crippen molar-refractivity contribution in [2.24, 2.45) is 5.73 Å². The van der Waals surface area contributed by atoms with E-state index in [9.17, 15) is 0 Å². The molecular formula is C15H27NS. The Bertz CT molecular complexity index is 273. The van der Waals surface area contributed by atoms with Crippen molar-refractivity contribution in [2.45, 2.75) is 44.8 Å². The lowest BCUT2D eigenvalue weighted by molar-refractivity contribution is 0.590. The Kier molecular flexibility index (Phi) is 8.36. The van der Waals surface area contributed by atoms with Crippen molar-refractivity contribution in [1.29, 1.82) is 0 Å². The molecule has 0 bridgehead atoms. The van der Waals surface area contributed by atoms with Crippen LogP contribution in [0, 0.1) is 0 Å². The van der Waals surface area contributed by atoms with E-state index in [4.69, 9.17) is 0 Å². The zero-order valence-electron chi connectivity index (χ0n) is 11.9. The van der Waals surface area contributed by atoms with E-state index in [2.05, 4.69) is 75.5 Å². The Labute approximate surface area is 111 Å². The molecule has 17 heavy (non-hydrogen) atoms. The van der Waals surface area contributed by atoms with E-state index in [-0.39, 0.29) is 0 Å². The molecule has 1 nitrogen and oxygen atoms in total. The van der Waals surface area contributed by atoms with Crippen LogP contribution >= 0.6 is 11.8 Å². The predicted molar refractivity (Wildman–Crippen MR) is 81.8 cm³/mol. The average molecular weight is 253 g/mol. The zero-order valence-corrected chi connectivity index (χ0v) is 12.7. The van der Waals surface area contributed by atoms with Gasteiger partial charge in [-0.25, -0.2) is 0 Å². The molecule has 1 aliphatic heterocycles. The molecule has 2 heteroatoms. The van der Waals surface area contributed by atoms with Gasteiger partial charge in [0.1, 0.15) is 0 Å². The van der Waals surface area contributed by atoms with Gasteiger partial charge in [-0.3, -0.25) is 0 Å². The number of benzene rings is 1. The maximum atomic E-state index is 4.50. The standard InChI is InChI=1S/C10H14.C4H8S.CH5N/c1-10(2,3)9-7-5-4-6-8-9;1-2-4-3-5-4;1-2/h4-8H,1-3H3;4H,2-3H2,1H3;2H2,1H3. The molecule has 1 aromatic carbocycles. The highest BCUT2D eigenvalue weighted by molar-refractivity contribution is 8.06. The number of thioether (sulfide) groups is 1. The molecule has 2 N–H and O–H groups in total. The van der Waals surface area contributed by atoms with Gasteiger partial charge in [0.2, 0.25) is 0 Å². The fourth-order valence-electron chi connectivity index (χ4n) is 1.24. The smallest absolute Gasteiger partial charge is 0.0136 e. The molecule has 1 unspecified atom stereocenters. The summed E-state index contributed by atoms with van der Waals surface area (Å²) in [4.78, 5) is 0. The van der Waals surface area contributed by atoms with Gasteiger partial charge in [0, 0.05) is 11.0 Å². The number of nitrogens with two attached hydrogens (primary N) is 1. The lowest BCUT2D eigenvalue weighted by atomic mass is 9.87. The third-order valence-electron chi connectivity index (χ3n) is 2.50. The first-order valence-electron chi connectivity index (χ1n) is 6.29. The van der Waals surface area contributed by atoms with Crippen LogP contribution in [0.15, 0.2) is 30.3 Å². The van der Waals surface area contributed by atoms with Gasteiger partial charge < -0.3 is 5.73 Å². The Hall–Kier alpha value is -0.470. The SMILES string of the molecule is CC(C)(C)c1ccccc1.CCC1CS1.CN. The largest absolute Gasteiger partial charge is 0.333 e. The van der Waals surface area contributed by atoms with E-state index in [1.54, 1.807) is 0 Å². The van der Waals surface area contributed by atoms with Crippen LogP contribution in [0.1, 0.15) is 39.7 Å². The van der Waals surface area contributed by atoms with Gasteiger partial charge in [-0.15, -0.1) is 0 Å². The monoisotopic (exact) mass is 253 g/mol. The summed E-state index contributed by atoms with van der Waals surface area (Å²) < 4.78 is 0. The molecule has 1 heterocycles. The molecule has 0 saturated carbocycles. The molecule has 1 saturated heterocycles. The summed E-state index contributed by atoms with van der Waals surface area (Å²) in [7, 11) is 1.50. The van der Waals surface area contributed by atoms with Crippen molar-refractivity contribution in [3.8, 4) is 0 Å². The highest BCUT2D eigenvalue weighted by Crippen LogP contribution is 2.32. The van der Waals surface area contributed by atoms with Crippen LogP contribution in [-0.4, -0.2) is 18.1 Å². The Morgan fingerprint density at radius 2 is 1.65 bits per heavy atom. The average Bonchev–Trinajstić information content (AvgIpc) is 3.16. The van der Waals surface area contributed by atoms with Gasteiger partial charge in [-0.2, -0.15) is 11.8 Å². The second-order valence-corrected chi connectivity index (χ2v) is 6.31. The summed E-state index contributed by atoms with van der Waals surface area (Å²) in [6.45, 7) is 8.91. The van der Waals surface area contributed by atoms with E-state index in [0.29, 0.717) is 5.41 Å². The zero-order chi connectivity index (χ0) is 13.3. The van der Waals surface area contributed by atoms with Gasteiger partial charge in [0.25, 0.3) is 0 Å². The molecule has 0 spiro atoms. The lowest BCUT2D eigenvalue weighted by Crippen LogP contribution is -2.10. The number of rotatable bonds is 1. The third-order valence-corrected chi connectivity index (χ3v) is 3.64. The van der Waals surface area contributed by atoms with E-state index in [1.807, 2.05) is 0 Å². The molecule has 0 aromatic heterocycles. The normalized spacial score (nSPS) is 17.2. The minimum absolute atomic E-state index is 0.293. The van der Waals surface area contributed by atoms with E-state index in [1.165, 1.54) is 24.8 Å². The minimum atomic E-state index is 0.293. The van der Waals surface area contributed by atoms with Crippen molar-refractivity contribution in [2.75, 3.05) is 12.8 Å². The van der Waals surface area contributed by atoms with Crippen molar-refractivity contribution in [3.05, 3.63) is 35.9 Å². The first-order valence-corrected chi connectivity index (χ1v) is 7.33. The molecule has 1 fully saturated rings. The summed E-state index contributed by atoms with van der Waals surface area (Å²) in [5.41, 5.74) is 6.19. The van der Waals surface area contributed by atoms with E-state index < -0.39 is 0 Å². The van der Waals surface area contributed by atoms with Crippen LogP contribution < -0.4 is 5.73 Å². The fraction of sp³-hybridized carbons (Fsp3) is 0.600. The lowest BCUT2D eigenvalue weighted by Gasteiger charge is -2.18. The van der Waals surface area contributed by atoms with Crippen molar-refractivity contribution < 1.29 is 0 Å². The minimum Gasteiger partial charge on any atom is -0.333 e. The van der Waals surface area contributed by atoms with Crippen LogP contribution in [-0.2, 0) is 5.41 Å². The molecule has 98 valence electrons. The van der Waals surface area contributed by atoms with Gasteiger partial charge in [0.15, 0.2) is 0 Å². The van der Waals surface area contributed by atoms with E-state index >= 15 is 0 Å². The molecule has 1 aliphatic rings. The van der Waals surface area contributed by atoms with Crippen LogP contribution in [0.3, 0.4) is 0 Å². The van der Waals surface area contributed by atoms with Crippen molar-refractivity contribution in [3.63, 3.8) is 0 Å². The Morgan fingerprint density at radius 1 is 1.18 bits per heavy atom. The molecule has 1 aromatic rings. The number of hydrogen-bond acceptors (Lipinski definition) is 2. The topological polar surface area (TPSA) is 26.0 Å². The summed E-state index contributed by atoms with van der Waals surface area (Å²) in [5, 5.41) is 1.05. The van der Waals surface area contributed by atoms with Gasteiger partial charge in [-0.1, -0.05) is 58.0 Å². The molecule has 0 aliphatic carbocycles. The highest BCUT2D eigenvalue weighted by atomic mass is 32.2. The molecule has 0 amide bonds. The van der Waals surface area contributed by atoms with Crippen LogP contribution in [0.25, 0.3) is 0 Å². The summed E-state index contributed by atoms with van der Waals surface area (Å²) >= 11 is 2.07. The quantitative estimate of drug-likeness (QED) is 0.764. The first kappa shape index (κ1) is 16.5. The molecular weight excluding hydrogens is 226 g/mol. The summed E-state index contributed by atoms with van der Waals surface area (Å²) in [6, 6.07) is 10.6. The summed E-state index contributed by atoms with van der Waals surface area (Å²) in [6.07, 6.45) is 1.38. The second kappa shape index (κ2) is 8.60. The highest BCUT2D eigenvalue weighted by Gasteiger charge is 2.18. The predicted octanol–water partition coefficient (Wildman–Crippen LogP) is 4.07. The van der Waals surface area contributed by atoms with Crippen LogP contribution in [0.5, 0.6) is 0 Å². The molecule has 2 rings (SSSR count). The molecule has 0 radical (unpaired) electrons. The maximum Gasteiger partial charge on any atom is 0.0136 e. The van der Waals surface area contributed by atoms with Gasteiger partial charge >= 0.3 is 0 Å². The van der Waals surface area contributed by atoms with Crippen LogP contribution in [0.4, 0.5) is 0 Å². The maximum absolute atomic E-state index is 4.50. The second-order valence-electron chi connectivity index (χ2n) is 4.98. The van der Waals surface area contributed by atoms with Gasteiger partial charge in [-0.05, 0) is 24.4 Å². The summed E-state index contributed by atoms with van der Waals surface area (Å²) in [5.74, 6) is 1.43. The van der Waals surface area contributed by atoms with Crippen LogP contribution in [0.2, 0.25) is 0 Å². The fourth-order valence-corrected chi connectivity index (χ4v) is 1.85. The van der Waals surface area contributed by atoms with Gasteiger partial charge in [0.05, 0.1) is 0 Å². The number of hydrogen-bond donors (Lipinski definition) is 1. The van der Waals surface area contributed by atoms with E-state index in [0.717, 1.165) is 5.25 Å². The Balaban J connectivity index is 0.000000306. The Morgan fingerprint density at radius 3 is 1.82 bits per heavy atom.